The predicted octanol–water partition coefficient (Wildman–Crippen LogP) is 2.03. The number of hydrogen-bond acceptors (Lipinski definition) is 4. The Morgan fingerprint density at radius 2 is 2.17 bits per heavy atom. The average Bonchev–Trinajstić information content (AvgIpc) is 2.40. The Morgan fingerprint density at radius 3 is 2.78 bits per heavy atom. The lowest BCUT2D eigenvalue weighted by atomic mass is 10.0. The van der Waals surface area contributed by atoms with Crippen LogP contribution in [0.2, 0.25) is 0 Å². The standard InChI is InChI=1S/C14H17NO3/c1-3-17-14(16)12-9-15-13(18-10(12)2)11-7-5-4-6-8-11/h4-8,10,12H,3,9H2,1-2H3/t10-,12-/m1/s1. The SMILES string of the molecule is CCOC(=O)[C@@H]1CN=C(c2ccccc2)O[C@@H]1C. The molecule has 1 aliphatic rings. The van der Waals surface area contributed by atoms with Gasteiger partial charge in [0.1, 0.15) is 12.0 Å². The van der Waals surface area contributed by atoms with Gasteiger partial charge in [-0.1, -0.05) is 18.2 Å². The Hall–Kier alpha value is -1.84. The summed E-state index contributed by atoms with van der Waals surface area (Å²) in [5, 5.41) is 0. The molecule has 1 aromatic carbocycles. The van der Waals surface area contributed by atoms with E-state index in [-0.39, 0.29) is 18.0 Å². The second-order valence-electron chi connectivity index (χ2n) is 4.19. The zero-order valence-electron chi connectivity index (χ0n) is 10.6. The molecule has 1 aromatic rings. The first kappa shape index (κ1) is 12.6. The lowest BCUT2D eigenvalue weighted by Gasteiger charge is -2.27. The summed E-state index contributed by atoms with van der Waals surface area (Å²) in [6.07, 6.45) is -0.211. The molecule has 0 saturated heterocycles. The Bertz CT molecular complexity index is 442. The third-order valence-corrected chi connectivity index (χ3v) is 2.91. The number of esters is 1. The molecule has 18 heavy (non-hydrogen) atoms. The summed E-state index contributed by atoms with van der Waals surface area (Å²) in [7, 11) is 0. The molecule has 96 valence electrons. The molecule has 0 bridgehead atoms. The maximum absolute atomic E-state index is 11.7. The van der Waals surface area contributed by atoms with Crippen molar-refractivity contribution >= 4 is 11.9 Å². The molecular weight excluding hydrogens is 230 g/mol. The summed E-state index contributed by atoms with van der Waals surface area (Å²) >= 11 is 0. The highest BCUT2D eigenvalue weighted by atomic mass is 16.5. The quantitative estimate of drug-likeness (QED) is 0.768. The van der Waals surface area contributed by atoms with E-state index in [1.54, 1.807) is 6.92 Å². The number of rotatable bonds is 3. The number of carbonyl (C=O) groups is 1. The fourth-order valence-corrected chi connectivity index (χ4v) is 1.88. The normalized spacial score (nSPS) is 22.9. The van der Waals surface area contributed by atoms with Gasteiger partial charge in [-0.3, -0.25) is 9.79 Å². The molecule has 4 nitrogen and oxygen atoms in total. The fourth-order valence-electron chi connectivity index (χ4n) is 1.88. The molecule has 0 aliphatic carbocycles. The molecule has 0 amide bonds. The van der Waals surface area contributed by atoms with E-state index in [2.05, 4.69) is 4.99 Å². The zero-order chi connectivity index (χ0) is 13.0. The van der Waals surface area contributed by atoms with Crippen molar-refractivity contribution in [2.75, 3.05) is 13.2 Å². The molecule has 1 heterocycles. The molecular formula is C14H17NO3. The van der Waals surface area contributed by atoms with Crippen molar-refractivity contribution in [2.45, 2.75) is 20.0 Å². The summed E-state index contributed by atoms with van der Waals surface area (Å²) in [6.45, 7) is 4.48. The second-order valence-corrected chi connectivity index (χ2v) is 4.19. The Balaban J connectivity index is 2.10. The Morgan fingerprint density at radius 1 is 1.44 bits per heavy atom. The van der Waals surface area contributed by atoms with E-state index in [1.165, 1.54) is 0 Å². The molecule has 0 spiro atoms. The molecule has 4 heteroatoms. The molecule has 1 aliphatic heterocycles. The molecule has 0 saturated carbocycles. The van der Waals surface area contributed by atoms with E-state index in [0.717, 1.165) is 5.56 Å². The van der Waals surface area contributed by atoms with E-state index in [9.17, 15) is 4.79 Å². The van der Waals surface area contributed by atoms with Crippen LogP contribution in [0.3, 0.4) is 0 Å². The molecule has 0 unspecified atom stereocenters. The van der Waals surface area contributed by atoms with Gasteiger partial charge in [0, 0.05) is 5.56 Å². The summed E-state index contributed by atoms with van der Waals surface area (Å²) in [5.74, 6) is 0.0573. The monoisotopic (exact) mass is 247 g/mol. The first-order valence-corrected chi connectivity index (χ1v) is 6.15. The summed E-state index contributed by atoms with van der Waals surface area (Å²) in [5.41, 5.74) is 0.937. The highest BCUT2D eigenvalue weighted by molar-refractivity contribution is 5.95. The van der Waals surface area contributed by atoms with Gasteiger partial charge in [0.25, 0.3) is 0 Å². The van der Waals surface area contributed by atoms with E-state index < -0.39 is 0 Å². The van der Waals surface area contributed by atoms with Crippen molar-refractivity contribution in [2.24, 2.45) is 10.9 Å². The van der Waals surface area contributed by atoms with Crippen LogP contribution >= 0.6 is 0 Å². The topological polar surface area (TPSA) is 47.9 Å². The predicted molar refractivity (Wildman–Crippen MR) is 68.5 cm³/mol. The van der Waals surface area contributed by atoms with Crippen LogP contribution in [-0.2, 0) is 14.3 Å². The van der Waals surface area contributed by atoms with Gasteiger partial charge in [-0.15, -0.1) is 0 Å². The smallest absolute Gasteiger partial charge is 0.314 e. The van der Waals surface area contributed by atoms with Gasteiger partial charge in [0.05, 0.1) is 13.2 Å². The van der Waals surface area contributed by atoms with Crippen LogP contribution in [0.1, 0.15) is 19.4 Å². The van der Waals surface area contributed by atoms with Crippen LogP contribution in [0.4, 0.5) is 0 Å². The number of benzene rings is 1. The largest absolute Gasteiger partial charge is 0.473 e. The Labute approximate surface area is 107 Å². The lowest BCUT2D eigenvalue weighted by Crippen LogP contribution is -2.37. The zero-order valence-corrected chi connectivity index (χ0v) is 10.6. The van der Waals surface area contributed by atoms with Gasteiger partial charge in [-0.2, -0.15) is 0 Å². The number of carbonyl (C=O) groups excluding carboxylic acids is 1. The van der Waals surface area contributed by atoms with Gasteiger partial charge < -0.3 is 9.47 Å². The molecule has 0 radical (unpaired) electrons. The average molecular weight is 247 g/mol. The molecule has 0 fully saturated rings. The van der Waals surface area contributed by atoms with Gasteiger partial charge in [-0.25, -0.2) is 0 Å². The minimum atomic E-state index is -0.308. The van der Waals surface area contributed by atoms with Crippen LogP contribution < -0.4 is 0 Å². The van der Waals surface area contributed by atoms with Crippen molar-refractivity contribution in [1.82, 2.24) is 0 Å². The van der Waals surface area contributed by atoms with Crippen molar-refractivity contribution in [3.63, 3.8) is 0 Å². The van der Waals surface area contributed by atoms with Gasteiger partial charge in [0.15, 0.2) is 0 Å². The number of nitrogens with zero attached hydrogens (tertiary/aromatic N) is 1. The maximum Gasteiger partial charge on any atom is 0.314 e. The van der Waals surface area contributed by atoms with Crippen LogP contribution in [-0.4, -0.2) is 31.1 Å². The third kappa shape index (κ3) is 2.70. The van der Waals surface area contributed by atoms with Gasteiger partial charge in [-0.05, 0) is 26.0 Å². The molecule has 2 atom stereocenters. The first-order chi connectivity index (χ1) is 8.72. The summed E-state index contributed by atoms with van der Waals surface area (Å²) < 4.78 is 10.7. The number of hydrogen-bond donors (Lipinski definition) is 0. The summed E-state index contributed by atoms with van der Waals surface area (Å²) in [6, 6.07) is 9.69. The van der Waals surface area contributed by atoms with Crippen molar-refractivity contribution in [3.05, 3.63) is 35.9 Å². The molecule has 2 rings (SSSR count). The maximum atomic E-state index is 11.7. The Kier molecular flexibility index (Phi) is 3.97. The van der Waals surface area contributed by atoms with Crippen LogP contribution in [0.5, 0.6) is 0 Å². The van der Waals surface area contributed by atoms with Gasteiger partial charge in [0.2, 0.25) is 5.90 Å². The number of ether oxygens (including phenoxy) is 2. The van der Waals surface area contributed by atoms with E-state index in [4.69, 9.17) is 9.47 Å². The lowest BCUT2D eigenvalue weighted by molar-refractivity contribution is -0.151. The van der Waals surface area contributed by atoms with Crippen molar-refractivity contribution < 1.29 is 14.3 Å². The first-order valence-electron chi connectivity index (χ1n) is 6.15. The van der Waals surface area contributed by atoms with E-state index in [1.807, 2.05) is 37.3 Å². The highest BCUT2D eigenvalue weighted by Gasteiger charge is 2.32. The van der Waals surface area contributed by atoms with Crippen molar-refractivity contribution in [3.8, 4) is 0 Å². The minimum Gasteiger partial charge on any atom is -0.473 e. The third-order valence-electron chi connectivity index (χ3n) is 2.91. The van der Waals surface area contributed by atoms with Crippen LogP contribution in [0.25, 0.3) is 0 Å². The van der Waals surface area contributed by atoms with Crippen LogP contribution in [0.15, 0.2) is 35.3 Å². The van der Waals surface area contributed by atoms with Crippen LogP contribution in [0, 0.1) is 5.92 Å². The summed E-state index contributed by atoms with van der Waals surface area (Å²) in [4.78, 5) is 16.0. The van der Waals surface area contributed by atoms with Crippen molar-refractivity contribution in [1.29, 1.82) is 0 Å². The van der Waals surface area contributed by atoms with E-state index >= 15 is 0 Å². The number of aliphatic imine (C=N–C) groups is 1. The molecule has 0 N–H and O–H groups in total. The fraction of sp³-hybridized carbons (Fsp3) is 0.429. The molecule has 0 aromatic heterocycles. The minimum absolute atomic E-state index is 0.211. The van der Waals surface area contributed by atoms with E-state index in [0.29, 0.717) is 19.0 Å². The van der Waals surface area contributed by atoms with Gasteiger partial charge >= 0.3 is 5.97 Å². The second kappa shape index (κ2) is 5.67. The highest BCUT2D eigenvalue weighted by Crippen LogP contribution is 2.19.